The molecule has 178 valence electrons. The van der Waals surface area contributed by atoms with Crippen molar-refractivity contribution in [1.82, 2.24) is 4.90 Å². The SMILES string of the molecule is COc1cc(/C=C2\SC(=S)N([C@@H](C(=O)O)c3ccccc3)C2=O)ccc1OCc1ccccc1Cl. The third kappa shape index (κ3) is 5.51. The normalized spacial score (nSPS) is 15.4. The minimum absolute atomic E-state index is 0.184. The number of ether oxygens (including phenoxy) is 2. The number of carboxylic acid groups (broad SMARTS) is 1. The predicted molar refractivity (Wildman–Crippen MR) is 141 cm³/mol. The molecule has 1 N–H and O–H groups in total. The lowest BCUT2D eigenvalue weighted by Gasteiger charge is -2.23. The first-order valence-electron chi connectivity index (χ1n) is 10.5. The van der Waals surface area contributed by atoms with Crippen LogP contribution in [0.3, 0.4) is 0 Å². The molecule has 1 heterocycles. The van der Waals surface area contributed by atoms with Crippen molar-refractivity contribution >= 4 is 57.9 Å². The fourth-order valence-electron chi connectivity index (χ4n) is 3.56. The zero-order chi connectivity index (χ0) is 24.9. The fraction of sp³-hybridized carbons (Fsp3) is 0.115. The first-order chi connectivity index (χ1) is 16.9. The Kier molecular flexibility index (Phi) is 7.75. The van der Waals surface area contributed by atoms with Crippen LogP contribution >= 0.6 is 35.6 Å². The number of thiocarbonyl (C=S) groups is 1. The second kappa shape index (κ2) is 10.9. The largest absolute Gasteiger partial charge is 0.493 e. The average molecular weight is 526 g/mol. The van der Waals surface area contributed by atoms with Crippen LogP contribution in [0.25, 0.3) is 6.08 Å². The van der Waals surface area contributed by atoms with Gasteiger partial charge in [0, 0.05) is 10.6 Å². The molecule has 0 bridgehead atoms. The van der Waals surface area contributed by atoms with E-state index >= 15 is 0 Å². The molecule has 35 heavy (non-hydrogen) atoms. The Bertz CT molecular complexity index is 1310. The number of amides is 1. The molecule has 0 aromatic heterocycles. The highest BCUT2D eigenvalue weighted by molar-refractivity contribution is 8.26. The third-order valence-corrected chi connectivity index (χ3v) is 6.96. The van der Waals surface area contributed by atoms with E-state index in [4.69, 9.17) is 33.3 Å². The maximum absolute atomic E-state index is 13.2. The Morgan fingerprint density at radius 3 is 2.51 bits per heavy atom. The average Bonchev–Trinajstić information content (AvgIpc) is 3.12. The number of benzene rings is 3. The van der Waals surface area contributed by atoms with Crippen LogP contribution in [0.5, 0.6) is 11.5 Å². The first-order valence-corrected chi connectivity index (χ1v) is 12.1. The second-order valence-corrected chi connectivity index (χ2v) is 9.58. The summed E-state index contributed by atoms with van der Waals surface area (Å²) in [6.07, 6.45) is 1.66. The Morgan fingerprint density at radius 1 is 1.11 bits per heavy atom. The van der Waals surface area contributed by atoms with Crippen LogP contribution in [0, 0.1) is 0 Å². The summed E-state index contributed by atoms with van der Waals surface area (Å²) in [6.45, 7) is 0.268. The molecule has 0 radical (unpaired) electrons. The van der Waals surface area contributed by atoms with Crippen LogP contribution in [-0.4, -0.2) is 33.3 Å². The molecule has 0 unspecified atom stereocenters. The van der Waals surface area contributed by atoms with Gasteiger partial charge in [-0.05, 0) is 35.4 Å². The predicted octanol–water partition coefficient (Wildman–Crippen LogP) is 5.95. The van der Waals surface area contributed by atoms with Gasteiger partial charge in [-0.15, -0.1) is 0 Å². The van der Waals surface area contributed by atoms with Crippen LogP contribution in [0.2, 0.25) is 5.02 Å². The zero-order valence-corrected chi connectivity index (χ0v) is 20.9. The number of hydrogen-bond donors (Lipinski definition) is 1. The molecule has 9 heteroatoms. The van der Waals surface area contributed by atoms with Gasteiger partial charge in [0.2, 0.25) is 0 Å². The molecule has 4 rings (SSSR count). The summed E-state index contributed by atoms with van der Waals surface area (Å²) in [4.78, 5) is 26.7. The Hall–Kier alpha value is -3.33. The standard InChI is InChI=1S/C26H20ClNO5S2/c1-32-21-13-16(11-12-20(21)33-15-18-9-5-6-10-19(18)27)14-22-24(29)28(26(34)35-22)23(25(30)31)17-7-3-2-4-8-17/h2-14,23H,15H2,1H3,(H,30,31)/b22-14-/t23-/m1/s1. The molecule has 1 saturated heterocycles. The van der Waals surface area contributed by atoms with E-state index in [1.165, 1.54) is 7.11 Å². The van der Waals surface area contributed by atoms with Crippen LogP contribution in [0.4, 0.5) is 0 Å². The van der Waals surface area contributed by atoms with E-state index in [0.717, 1.165) is 22.2 Å². The summed E-state index contributed by atoms with van der Waals surface area (Å²) in [5, 5.41) is 10.4. The monoisotopic (exact) mass is 525 g/mol. The highest BCUT2D eigenvalue weighted by Crippen LogP contribution is 2.39. The molecule has 1 atom stereocenters. The number of methoxy groups -OCH3 is 1. The number of carboxylic acids is 1. The van der Waals surface area contributed by atoms with E-state index < -0.39 is 17.9 Å². The Balaban J connectivity index is 1.56. The first kappa shape index (κ1) is 24.8. The summed E-state index contributed by atoms with van der Waals surface area (Å²) in [5.41, 5.74) is 1.99. The molecular formula is C26H20ClNO5S2. The van der Waals surface area contributed by atoms with E-state index in [1.54, 1.807) is 60.7 Å². The molecule has 1 fully saturated rings. The summed E-state index contributed by atoms with van der Waals surface area (Å²) in [6, 6.07) is 20.0. The lowest BCUT2D eigenvalue weighted by molar-refractivity contribution is -0.145. The molecule has 3 aromatic rings. The molecule has 0 saturated carbocycles. The van der Waals surface area contributed by atoms with Gasteiger partial charge in [-0.3, -0.25) is 9.69 Å². The summed E-state index contributed by atoms with van der Waals surface area (Å²) in [7, 11) is 1.53. The van der Waals surface area contributed by atoms with Crippen molar-refractivity contribution in [3.8, 4) is 11.5 Å². The molecule has 1 aliphatic rings. The van der Waals surface area contributed by atoms with E-state index in [-0.39, 0.29) is 10.9 Å². The number of carbonyl (C=O) groups is 2. The van der Waals surface area contributed by atoms with Crippen molar-refractivity contribution < 1.29 is 24.2 Å². The quantitative estimate of drug-likeness (QED) is 0.287. The summed E-state index contributed by atoms with van der Waals surface area (Å²) < 4.78 is 11.5. The number of hydrogen-bond acceptors (Lipinski definition) is 6. The molecule has 3 aromatic carbocycles. The van der Waals surface area contributed by atoms with Crippen LogP contribution in [-0.2, 0) is 16.2 Å². The van der Waals surface area contributed by atoms with Crippen molar-refractivity contribution in [2.24, 2.45) is 0 Å². The van der Waals surface area contributed by atoms with Gasteiger partial charge < -0.3 is 14.6 Å². The van der Waals surface area contributed by atoms with Gasteiger partial charge in [-0.25, -0.2) is 4.79 Å². The number of rotatable bonds is 8. The number of carbonyl (C=O) groups excluding carboxylic acids is 1. The van der Waals surface area contributed by atoms with Gasteiger partial charge in [0.05, 0.1) is 12.0 Å². The van der Waals surface area contributed by atoms with Gasteiger partial charge >= 0.3 is 5.97 Å². The van der Waals surface area contributed by atoms with Gasteiger partial charge in [-0.2, -0.15) is 0 Å². The van der Waals surface area contributed by atoms with Crippen molar-refractivity contribution in [2.75, 3.05) is 7.11 Å². The van der Waals surface area contributed by atoms with Crippen molar-refractivity contribution in [3.63, 3.8) is 0 Å². The smallest absolute Gasteiger partial charge is 0.331 e. The minimum Gasteiger partial charge on any atom is -0.493 e. The summed E-state index contributed by atoms with van der Waals surface area (Å²) in [5.74, 6) is -0.620. The zero-order valence-electron chi connectivity index (χ0n) is 18.5. The molecular weight excluding hydrogens is 506 g/mol. The van der Waals surface area contributed by atoms with Crippen LogP contribution in [0.1, 0.15) is 22.7 Å². The maximum atomic E-state index is 13.2. The topological polar surface area (TPSA) is 76.1 Å². The molecule has 1 aliphatic heterocycles. The highest BCUT2D eigenvalue weighted by Gasteiger charge is 2.41. The second-order valence-electron chi connectivity index (χ2n) is 7.49. The lowest BCUT2D eigenvalue weighted by atomic mass is 10.1. The molecule has 6 nitrogen and oxygen atoms in total. The Morgan fingerprint density at radius 2 is 1.83 bits per heavy atom. The van der Waals surface area contributed by atoms with E-state index in [1.807, 2.05) is 18.2 Å². The van der Waals surface area contributed by atoms with Crippen molar-refractivity contribution in [2.45, 2.75) is 12.6 Å². The molecule has 0 aliphatic carbocycles. The van der Waals surface area contributed by atoms with Gasteiger partial charge in [0.1, 0.15) is 10.9 Å². The molecule has 0 spiro atoms. The fourth-order valence-corrected chi connectivity index (χ4v) is 5.06. The van der Waals surface area contributed by atoms with Crippen molar-refractivity contribution in [3.05, 3.63) is 99.4 Å². The molecule has 1 amide bonds. The van der Waals surface area contributed by atoms with E-state index in [2.05, 4.69) is 0 Å². The minimum atomic E-state index is -1.20. The van der Waals surface area contributed by atoms with Crippen LogP contribution in [0.15, 0.2) is 77.7 Å². The lowest BCUT2D eigenvalue weighted by Crippen LogP contribution is -2.37. The Labute approximate surface area is 217 Å². The van der Waals surface area contributed by atoms with E-state index in [9.17, 15) is 14.7 Å². The number of aliphatic carboxylic acids is 1. The van der Waals surface area contributed by atoms with E-state index in [0.29, 0.717) is 32.6 Å². The maximum Gasteiger partial charge on any atom is 0.331 e. The van der Waals surface area contributed by atoms with Gasteiger partial charge in [0.15, 0.2) is 17.5 Å². The highest BCUT2D eigenvalue weighted by atomic mass is 35.5. The number of nitrogens with zero attached hydrogens (tertiary/aromatic N) is 1. The number of halogens is 1. The summed E-state index contributed by atoms with van der Waals surface area (Å²) >= 11 is 12.6. The van der Waals surface area contributed by atoms with Gasteiger partial charge in [-0.1, -0.05) is 90.2 Å². The van der Waals surface area contributed by atoms with Crippen molar-refractivity contribution in [1.29, 1.82) is 0 Å². The third-order valence-electron chi connectivity index (χ3n) is 5.26. The van der Waals surface area contributed by atoms with Gasteiger partial charge in [0.25, 0.3) is 5.91 Å². The number of thioether (sulfide) groups is 1. The van der Waals surface area contributed by atoms with Crippen LogP contribution < -0.4 is 9.47 Å².